The van der Waals surface area contributed by atoms with Gasteiger partial charge in [-0.1, -0.05) is 29.8 Å². The molecule has 9 heteroatoms. The van der Waals surface area contributed by atoms with E-state index in [2.05, 4.69) is 5.32 Å². The van der Waals surface area contributed by atoms with Gasteiger partial charge in [-0.3, -0.25) is 19.3 Å². The Bertz CT molecular complexity index is 1420. The van der Waals surface area contributed by atoms with Crippen molar-refractivity contribution >= 4 is 46.3 Å². The van der Waals surface area contributed by atoms with E-state index in [0.29, 0.717) is 40.1 Å². The Kier molecular flexibility index (Phi) is 7.50. The van der Waals surface area contributed by atoms with E-state index in [1.807, 2.05) is 0 Å². The van der Waals surface area contributed by atoms with Crippen molar-refractivity contribution in [2.75, 3.05) is 23.9 Å². The van der Waals surface area contributed by atoms with E-state index in [0.717, 1.165) is 0 Å². The lowest BCUT2D eigenvalue weighted by Crippen LogP contribution is -2.29. The lowest BCUT2D eigenvalue weighted by molar-refractivity contribution is -0.132. The monoisotopic (exact) mass is 520 g/mol. The molecular formula is C28H25ClN2O6. The highest BCUT2D eigenvalue weighted by Gasteiger charge is 2.47. The maximum atomic E-state index is 13.4. The highest BCUT2D eigenvalue weighted by Crippen LogP contribution is 2.43. The molecule has 1 heterocycles. The number of benzene rings is 3. The van der Waals surface area contributed by atoms with Crippen LogP contribution in [0.15, 0.2) is 72.3 Å². The smallest absolute Gasteiger partial charge is 0.300 e. The molecule has 4 rings (SSSR count). The molecule has 1 atom stereocenters. The number of nitrogens with zero attached hydrogens (tertiary/aromatic N) is 1. The predicted octanol–water partition coefficient (Wildman–Crippen LogP) is 5.33. The molecule has 0 radical (unpaired) electrons. The lowest BCUT2D eigenvalue weighted by atomic mass is 9.95. The van der Waals surface area contributed by atoms with Gasteiger partial charge in [0.1, 0.15) is 17.3 Å². The van der Waals surface area contributed by atoms with Crippen molar-refractivity contribution in [3.05, 3.63) is 88.5 Å². The Labute approximate surface area is 219 Å². The summed E-state index contributed by atoms with van der Waals surface area (Å²) in [6.45, 7) is 3.52. The third-order valence-electron chi connectivity index (χ3n) is 5.80. The molecule has 1 fully saturated rings. The number of methoxy groups -OCH3 is 1. The molecule has 1 unspecified atom stereocenters. The predicted molar refractivity (Wildman–Crippen MR) is 141 cm³/mol. The fourth-order valence-electron chi connectivity index (χ4n) is 4.23. The van der Waals surface area contributed by atoms with Crippen LogP contribution in [0.1, 0.15) is 31.0 Å². The quantitative estimate of drug-likeness (QED) is 0.248. The SMILES string of the molecule is CCOc1cc(/C(O)=C2\C(=O)C(=O)N(c3cccc(NC(C)=O)c3)C2c2cccc(OC)c2)ccc1Cl. The summed E-state index contributed by atoms with van der Waals surface area (Å²) in [5.41, 5.74) is 1.53. The van der Waals surface area contributed by atoms with Crippen LogP contribution in [0, 0.1) is 0 Å². The van der Waals surface area contributed by atoms with Gasteiger partial charge in [0.15, 0.2) is 0 Å². The molecule has 190 valence electrons. The van der Waals surface area contributed by atoms with Crippen molar-refractivity contribution in [2.24, 2.45) is 0 Å². The summed E-state index contributed by atoms with van der Waals surface area (Å²) in [4.78, 5) is 39.7. The first kappa shape index (κ1) is 25.8. The zero-order chi connectivity index (χ0) is 26.7. The van der Waals surface area contributed by atoms with Crippen LogP contribution in [-0.4, -0.2) is 36.4 Å². The van der Waals surface area contributed by atoms with Crippen molar-refractivity contribution in [1.82, 2.24) is 0 Å². The van der Waals surface area contributed by atoms with Crippen LogP contribution in [0.4, 0.5) is 11.4 Å². The number of hydrogen-bond donors (Lipinski definition) is 2. The molecule has 0 bridgehead atoms. The Morgan fingerprint density at radius 3 is 2.54 bits per heavy atom. The molecule has 8 nitrogen and oxygen atoms in total. The zero-order valence-corrected chi connectivity index (χ0v) is 21.2. The van der Waals surface area contributed by atoms with Crippen LogP contribution >= 0.6 is 11.6 Å². The molecule has 3 aromatic carbocycles. The van der Waals surface area contributed by atoms with Crippen LogP contribution < -0.4 is 19.7 Å². The maximum absolute atomic E-state index is 13.4. The fourth-order valence-corrected chi connectivity index (χ4v) is 4.41. The number of carbonyl (C=O) groups is 3. The second-order valence-corrected chi connectivity index (χ2v) is 8.66. The highest BCUT2D eigenvalue weighted by molar-refractivity contribution is 6.51. The molecule has 3 aromatic rings. The van der Waals surface area contributed by atoms with Crippen LogP contribution in [0.5, 0.6) is 11.5 Å². The van der Waals surface area contributed by atoms with Crippen LogP contribution in [0.25, 0.3) is 5.76 Å². The summed E-state index contributed by atoms with van der Waals surface area (Å²) >= 11 is 6.21. The maximum Gasteiger partial charge on any atom is 0.300 e. The number of amides is 2. The number of nitrogens with one attached hydrogen (secondary N) is 1. The standard InChI is InChI=1S/C28H25ClN2O6/c1-4-37-23-14-18(11-12-22(23)29)26(33)24-25(17-7-5-10-21(13-17)36-3)31(28(35)27(24)34)20-9-6-8-19(15-20)30-16(2)32/h5-15,25,33H,4H2,1-3H3,(H,30,32)/b26-24+. The Morgan fingerprint density at radius 2 is 1.84 bits per heavy atom. The average Bonchev–Trinajstić information content (AvgIpc) is 3.15. The summed E-state index contributed by atoms with van der Waals surface area (Å²) in [5, 5.41) is 14.4. The third-order valence-corrected chi connectivity index (χ3v) is 6.12. The van der Waals surface area contributed by atoms with E-state index < -0.39 is 17.7 Å². The lowest BCUT2D eigenvalue weighted by Gasteiger charge is -2.26. The van der Waals surface area contributed by atoms with E-state index in [1.165, 1.54) is 25.0 Å². The number of carbonyl (C=O) groups excluding carboxylic acids is 3. The molecule has 0 saturated carbocycles. The van der Waals surface area contributed by atoms with E-state index in [9.17, 15) is 19.5 Å². The Hall–Kier alpha value is -4.30. The average molecular weight is 521 g/mol. The van der Waals surface area contributed by atoms with Gasteiger partial charge in [-0.05, 0) is 61.0 Å². The summed E-state index contributed by atoms with van der Waals surface area (Å²) in [6, 6.07) is 17.1. The summed E-state index contributed by atoms with van der Waals surface area (Å²) in [6.07, 6.45) is 0. The van der Waals surface area contributed by atoms with Crippen molar-refractivity contribution in [2.45, 2.75) is 19.9 Å². The van der Waals surface area contributed by atoms with Gasteiger partial charge in [-0.15, -0.1) is 0 Å². The van der Waals surface area contributed by atoms with Crippen LogP contribution in [0.2, 0.25) is 5.02 Å². The molecule has 37 heavy (non-hydrogen) atoms. The van der Waals surface area contributed by atoms with Gasteiger partial charge in [0.2, 0.25) is 5.91 Å². The number of anilines is 2. The first-order chi connectivity index (χ1) is 17.7. The largest absolute Gasteiger partial charge is 0.507 e. The molecule has 1 saturated heterocycles. The van der Waals surface area contributed by atoms with Gasteiger partial charge >= 0.3 is 0 Å². The number of hydrogen-bond acceptors (Lipinski definition) is 6. The normalized spacial score (nSPS) is 16.5. The second-order valence-electron chi connectivity index (χ2n) is 8.26. The Morgan fingerprint density at radius 1 is 1.08 bits per heavy atom. The van der Waals surface area contributed by atoms with Gasteiger partial charge < -0.3 is 19.9 Å². The first-order valence-corrected chi connectivity index (χ1v) is 11.9. The number of ether oxygens (including phenoxy) is 2. The molecular weight excluding hydrogens is 496 g/mol. The summed E-state index contributed by atoms with van der Waals surface area (Å²) in [5.74, 6) is -1.49. The topological polar surface area (TPSA) is 105 Å². The van der Waals surface area contributed by atoms with Crippen molar-refractivity contribution in [1.29, 1.82) is 0 Å². The number of aliphatic hydroxyl groups is 1. The summed E-state index contributed by atoms with van der Waals surface area (Å²) < 4.78 is 10.9. The minimum absolute atomic E-state index is 0.104. The number of ketones is 1. The molecule has 0 spiro atoms. The van der Waals surface area contributed by atoms with Gasteiger partial charge in [-0.25, -0.2) is 0 Å². The fraction of sp³-hybridized carbons (Fsp3) is 0.179. The number of halogens is 1. The van der Waals surface area contributed by atoms with Crippen molar-refractivity contribution < 1.29 is 29.0 Å². The van der Waals surface area contributed by atoms with Crippen molar-refractivity contribution in [3.8, 4) is 11.5 Å². The van der Waals surface area contributed by atoms with Gasteiger partial charge in [0, 0.05) is 23.9 Å². The van der Waals surface area contributed by atoms with Gasteiger partial charge in [0.05, 0.1) is 30.4 Å². The second kappa shape index (κ2) is 10.8. The minimum Gasteiger partial charge on any atom is -0.507 e. The van der Waals surface area contributed by atoms with Crippen LogP contribution in [-0.2, 0) is 14.4 Å². The third kappa shape index (κ3) is 5.15. The first-order valence-electron chi connectivity index (χ1n) is 11.5. The summed E-state index contributed by atoms with van der Waals surface area (Å²) in [7, 11) is 1.51. The number of Topliss-reactive ketones (excluding diaryl/α,β-unsaturated/α-hetero) is 1. The van der Waals surface area contributed by atoms with E-state index in [-0.39, 0.29) is 22.8 Å². The number of rotatable bonds is 7. The minimum atomic E-state index is -0.978. The molecule has 0 aliphatic carbocycles. The van der Waals surface area contributed by atoms with Crippen LogP contribution in [0.3, 0.4) is 0 Å². The van der Waals surface area contributed by atoms with Gasteiger partial charge in [-0.2, -0.15) is 0 Å². The van der Waals surface area contributed by atoms with E-state index in [1.54, 1.807) is 67.6 Å². The molecule has 2 amide bonds. The number of aliphatic hydroxyl groups excluding tert-OH is 1. The molecule has 1 aliphatic heterocycles. The molecule has 2 N–H and O–H groups in total. The highest BCUT2D eigenvalue weighted by atomic mass is 35.5. The van der Waals surface area contributed by atoms with Gasteiger partial charge in [0.25, 0.3) is 11.7 Å². The van der Waals surface area contributed by atoms with E-state index in [4.69, 9.17) is 21.1 Å². The molecule has 1 aliphatic rings. The Balaban J connectivity index is 1.93. The zero-order valence-electron chi connectivity index (χ0n) is 20.4. The molecule has 0 aromatic heterocycles. The van der Waals surface area contributed by atoms with Crippen molar-refractivity contribution in [3.63, 3.8) is 0 Å². The van der Waals surface area contributed by atoms with E-state index >= 15 is 0 Å².